The van der Waals surface area contributed by atoms with Gasteiger partial charge >= 0.3 is 0 Å². The van der Waals surface area contributed by atoms with E-state index in [-0.39, 0.29) is 11.7 Å². The Kier molecular flexibility index (Phi) is 6.36. The standard InChI is InChI=1S/C19H20FNO2/c1-2-3-13-23-18-10-8-17(9-11-18)21-19(22)12-7-15-5-4-6-16(20)14-15/h4-12,14H,2-3,13H2,1H3,(H,21,22)/b12-7+. The van der Waals surface area contributed by atoms with Crippen molar-refractivity contribution < 1.29 is 13.9 Å². The largest absolute Gasteiger partial charge is 0.494 e. The molecule has 0 fully saturated rings. The van der Waals surface area contributed by atoms with E-state index in [1.807, 2.05) is 12.1 Å². The summed E-state index contributed by atoms with van der Waals surface area (Å²) in [5, 5.41) is 2.75. The molecule has 0 aliphatic carbocycles. The second-order valence-corrected chi connectivity index (χ2v) is 5.10. The quantitative estimate of drug-likeness (QED) is 0.596. The Morgan fingerprint density at radius 1 is 1.22 bits per heavy atom. The first-order chi connectivity index (χ1) is 11.2. The predicted octanol–water partition coefficient (Wildman–Crippen LogP) is 4.66. The zero-order valence-electron chi connectivity index (χ0n) is 13.1. The lowest BCUT2D eigenvalue weighted by Crippen LogP contribution is -2.07. The minimum atomic E-state index is -0.328. The fourth-order valence-corrected chi connectivity index (χ4v) is 1.93. The molecule has 3 nitrogen and oxygen atoms in total. The highest BCUT2D eigenvalue weighted by Gasteiger charge is 1.99. The third kappa shape index (κ3) is 5.94. The van der Waals surface area contributed by atoms with Crippen LogP contribution in [0, 0.1) is 5.82 Å². The molecule has 2 aromatic rings. The summed E-state index contributed by atoms with van der Waals surface area (Å²) in [5.41, 5.74) is 1.32. The first-order valence-electron chi connectivity index (χ1n) is 7.65. The summed E-state index contributed by atoms with van der Waals surface area (Å²) in [7, 11) is 0. The topological polar surface area (TPSA) is 38.3 Å². The van der Waals surface area contributed by atoms with Crippen LogP contribution in [0.2, 0.25) is 0 Å². The van der Waals surface area contributed by atoms with Crippen LogP contribution in [-0.4, -0.2) is 12.5 Å². The van der Waals surface area contributed by atoms with Gasteiger partial charge in [-0.2, -0.15) is 0 Å². The van der Waals surface area contributed by atoms with E-state index in [1.165, 1.54) is 18.2 Å². The van der Waals surface area contributed by atoms with Gasteiger partial charge in [0.2, 0.25) is 5.91 Å². The average molecular weight is 313 g/mol. The van der Waals surface area contributed by atoms with Crippen LogP contribution in [0.1, 0.15) is 25.3 Å². The van der Waals surface area contributed by atoms with E-state index in [9.17, 15) is 9.18 Å². The Hall–Kier alpha value is -2.62. The van der Waals surface area contributed by atoms with Gasteiger partial charge in [-0.3, -0.25) is 4.79 Å². The fraction of sp³-hybridized carbons (Fsp3) is 0.211. The van der Waals surface area contributed by atoms with Crippen molar-refractivity contribution >= 4 is 17.7 Å². The number of unbranched alkanes of at least 4 members (excludes halogenated alkanes) is 1. The molecular weight excluding hydrogens is 293 g/mol. The second-order valence-electron chi connectivity index (χ2n) is 5.10. The Balaban J connectivity index is 1.87. The molecule has 0 spiro atoms. The predicted molar refractivity (Wildman–Crippen MR) is 90.9 cm³/mol. The summed E-state index contributed by atoms with van der Waals surface area (Å²) in [5.74, 6) is 0.187. The molecule has 1 N–H and O–H groups in total. The first kappa shape index (κ1) is 16.7. The molecular formula is C19H20FNO2. The maximum Gasteiger partial charge on any atom is 0.248 e. The van der Waals surface area contributed by atoms with Gasteiger partial charge in [-0.05, 0) is 54.5 Å². The summed E-state index contributed by atoms with van der Waals surface area (Å²) in [6.07, 6.45) is 5.05. The van der Waals surface area contributed by atoms with Crippen molar-refractivity contribution in [1.82, 2.24) is 0 Å². The zero-order chi connectivity index (χ0) is 16.5. The molecule has 0 bridgehead atoms. The maximum absolute atomic E-state index is 13.0. The van der Waals surface area contributed by atoms with Crippen molar-refractivity contribution in [2.24, 2.45) is 0 Å². The lowest BCUT2D eigenvalue weighted by Gasteiger charge is -2.06. The number of hydrogen-bond acceptors (Lipinski definition) is 2. The normalized spacial score (nSPS) is 10.7. The van der Waals surface area contributed by atoms with Gasteiger partial charge in [0.05, 0.1) is 6.61 Å². The van der Waals surface area contributed by atoms with Crippen LogP contribution in [0.3, 0.4) is 0 Å². The summed E-state index contributed by atoms with van der Waals surface area (Å²) in [4.78, 5) is 11.8. The van der Waals surface area contributed by atoms with Gasteiger partial charge in [0.15, 0.2) is 0 Å². The Morgan fingerprint density at radius 3 is 2.70 bits per heavy atom. The van der Waals surface area contributed by atoms with E-state index in [1.54, 1.807) is 30.3 Å². The molecule has 0 aromatic heterocycles. The number of halogens is 1. The van der Waals surface area contributed by atoms with Crippen LogP contribution in [0.15, 0.2) is 54.6 Å². The number of carbonyl (C=O) groups is 1. The van der Waals surface area contributed by atoms with Gasteiger partial charge in [0, 0.05) is 11.8 Å². The summed E-state index contributed by atoms with van der Waals surface area (Å²) in [6.45, 7) is 2.80. The highest BCUT2D eigenvalue weighted by atomic mass is 19.1. The van der Waals surface area contributed by atoms with Crippen molar-refractivity contribution in [3.05, 3.63) is 66.0 Å². The molecule has 0 aliphatic heterocycles. The molecule has 4 heteroatoms. The van der Waals surface area contributed by atoms with E-state index in [0.29, 0.717) is 17.9 Å². The number of nitrogens with one attached hydrogen (secondary N) is 1. The Morgan fingerprint density at radius 2 is 2.00 bits per heavy atom. The SMILES string of the molecule is CCCCOc1ccc(NC(=O)/C=C/c2cccc(F)c2)cc1. The highest BCUT2D eigenvalue weighted by molar-refractivity contribution is 6.01. The summed E-state index contributed by atoms with van der Waals surface area (Å²) >= 11 is 0. The van der Waals surface area contributed by atoms with Gasteiger partial charge in [-0.1, -0.05) is 25.5 Å². The zero-order valence-corrected chi connectivity index (χ0v) is 13.1. The Bertz CT molecular complexity index is 665. The smallest absolute Gasteiger partial charge is 0.248 e. The van der Waals surface area contributed by atoms with Gasteiger partial charge < -0.3 is 10.1 Å². The molecule has 0 saturated heterocycles. The number of anilines is 1. The van der Waals surface area contributed by atoms with Crippen molar-refractivity contribution in [3.63, 3.8) is 0 Å². The molecule has 0 unspecified atom stereocenters. The molecule has 2 rings (SSSR count). The minimum Gasteiger partial charge on any atom is -0.494 e. The Labute approximate surface area is 135 Å². The minimum absolute atomic E-state index is 0.270. The van der Waals surface area contributed by atoms with Crippen LogP contribution >= 0.6 is 0 Å². The van der Waals surface area contributed by atoms with Gasteiger partial charge in [-0.25, -0.2) is 4.39 Å². The molecule has 23 heavy (non-hydrogen) atoms. The van der Waals surface area contributed by atoms with E-state index >= 15 is 0 Å². The van der Waals surface area contributed by atoms with E-state index in [2.05, 4.69) is 12.2 Å². The number of amides is 1. The molecule has 0 heterocycles. The number of carbonyl (C=O) groups excluding carboxylic acids is 1. The first-order valence-corrected chi connectivity index (χ1v) is 7.65. The van der Waals surface area contributed by atoms with Gasteiger partial charge in [0.25, 0.3) is 0 Å². The number of ether oxygens (including phenoxy) is 1. The van der Waals surface area contributed by atoms with Crippen molar-refractivity contribution in [1.29, 1.82) is 0 Å². The summed E-state index contributed by atoms with van der Waals surface area (Å²) in [6, 6.07) is 13.3. The lowest BCUT2D eigenvalue weighted by molar-refractivity contribution is -0.111. The molecule has 2 aromatic carbocycles. The molecule has 1 amide bonds. The number of rotatable bonds is 7. The van der Waals surface area contributed by atoms with Crippen molar-refractivity contribution in [3.8, 4) is 5.75 Å². The lowest BCUT2D eigenvalue weighted by atomic mass is 10.2. The molecule has 0 saturated carbocycles. The third-order valence-electron chi connectivity index (χ3n) is 3.16. The van der Waals surface area contributed by atoms with Crippen LogP contribution < -0.4 is 10.1 Å². The molecule has 120 valence electrons. The summed E-state index contributed by atoms with van der Waals surface area (Å²) < 4.78 is 18.6. The highest BCUT2D eigenvalue weighted by Crippen LogP contribution is 2.16. The van der Waals surface area contributed by atoms with E-state index < -0.39 is 0 Å². The van der Waals surface area contributed by atoms with Gasteiger partial charge in [0.1, 0.15) is 11.6 Å². The monoisotopic (exact) mass is 313 g/mol. The third-order valence-corrected chi connectivity index (χ3v) is 3.16. The molecule has 0 radical (unpaired) electrons. The maximum atomic E-state index is 13.0. The van der Waals surface area contributed by atoms with Crippen molar-refractivity contribution in [2.75, 3.05) is 11.9 Å². The van der Waals surface area contributed by atoms with Crippen molar-refractivity contribution in [2.45, 2.75) is 19.8 Å². The fourth-order valence-electron chi connectivity index (χ4n) is 1.93. The molecule has 0 aliphatic rings. The van der Waals surface area contributed by atoms with Crippen LogP contribution in [0.4, 0.5) is 10.1 Å². The van der Waals surface area contributed by atoms with E-state index in [4.69, 9.17) is 4.74 Å². The second kappa shape index (κ2) is 8.73. The van der Waals surface area contributed by atoms with Crippen LogP contribution in [0.5, 0.6) is 5.75 Å². The molecule has 0 atom stereocenters. The van der Waals surface area contributed by atoms with Crippen LogP contribution in [0.25, 0.3) is 6.08 Å². The van der Waals surface area contributed by atoms with Gasteiger partial charge in [-0.15, -0.1) is 0 Å². The number of hydrogen-bond donors (Lipinski definition) is 1. The van der Waals surface area contributed by atoms with Crippen LogP contribution in [-0.2, 0) is 4.79 Å². The van der Waals surface area contributed by atoms with E-state index in [0.717, 1.165) is 18.6 Å². The average Bonchev–Trinajstić information content (AvgIpc) is 2.55. The number of benzene rings is 2.